The molecule has 2 aromatic heterocycles. The predicted octanol–water partition coefficient (Wildman–Crippen LogP) is 2.12. The molecule has 0 aromatic carbocycles. The molecule has 2 rings (SSSR count). The summed E-state index contributed by atoms with van der Waals surface area (Å²) < 4.78 is 3.90. The highest BCUT2D eigenvalue weighted by molar-refractivity contribution is 5.27. The van der Waals surface area contributed by atoms with Gasteiger partial charge < -0.3 is 5.73 Å². The second-order valence-corrected chi connectivity index (χ2v) is 5.41. The first-order valence-corrected chi connectivity index (χ1v) is 7.28. The molecule has 2 N–H and O–H groups in total. The van der Waals surface area contributed by atoms with Crippen LogP contribution in [0, 0.1) is 13.8 Å². The average molecular weight is 275 g/mol. The van der Waals surface area contributed by atoms with Crippen LogP contribution < -0.4 is 5.73 Å². The zero-order chi connectivity index (χ0) is 14.9. The van der Waals surface area contributed by atoms with Gasteiger partial charge in [-0.15, -0.1) is 0 Å². The first-order valence-electron chi connectivity index (χ1n) is 7.28. The van der Waals surface area contributed by atoms with Gasteiger partial charge in [-0.2, -0.15) is 10.2 Å². The van der Waals surface area contributed by atoms with Gasteiger partial charge in [-0.05, 0) is 32.3 Å². The Labute approximate surface area is 120 Å². The molecule has 2 atom stereocenters. The normalized spacial score (nSPS) is 14.5. The first-order chi connectivity index (χ1) is 9.49. The predicted molar refractivity (Wildman–Crippen MR) is 80.7 cm³/mol. The monoisotopic (exact) mass is 275 g/mol. The fraction of sp³-hybridized carbons (Fsp3) is 0.600. The van der Waals surface area contributed by atoms with Crippen molar-refractivity contribution in [2.75, 3.05) is 0 Å². The number of hydrogen-bond donors (Lipinski definition) is 1. The summed E-state index contributed by atoms with van der Waals surface area (Å²) in [6.07, 6.45) is 5.82. The summed E-state index contributed by atoms with van der Waals surface area (Å²) in [4.78, 5) is 0. The Balaban J connectivity index is 2.52. The number of aromatic nitrogens is 4. The Morgan fingerprint density at radius 3 is 2.45 bits per heavy atom. The zero-order valence-electron chi connectivity index (χ0n) is 13.1. The maximum absolute atomic E-state index is 6.36. The summed E-state index contributed by atoms with van der Waals surface area (Å²) in [5.41, 5.74) is 11.1. The molecule has 0 saturated heterocycles. The van der Waals surface area contributed by atoms with Crippen molar-refractivity contribution in [3.8, 4) is 0 Å². The minimum Gasteiger partial charge on any atom is -0.326 e. The van der Waals surface area contributed by atoms with Gasteiger partial charge in [-0.25, -0.2) is 0 Å². The topological polar surface area (TPSA) is 61.7 Å². The number of nitrogens with two attached hydrogens (primary N) is 1. The van der Waals surface area contributed by atoms with Gasteiger partial charge in [0.15, 0.2) is 0 Å². The van der Waals surface area contributed by atoms with Crippen LogP contribution in [0.3, 0.4) is 0 Å². The number of hydrogen-bond acceptors (Lipinski definition) is 3. The molecule has 5 heteroatoms. The molecule has 20 heavy (non-hydrogen) atoms. The molecule has 2 heterocycles. The molecule has 0 aliphatic rings. The SMILES string of the molecule is CCc1c(C)nn(C(c2cnn(C)c2)C(N)CC)c1C. The van der Waals surface area contributed by atoms with Crippen LogP contribution in [-0.4, -0.2) is 25.6 Å². The molecule has 0 fully saturated rings. The number of rotatable bonds is 5. The molecular weight excluding hydrogens is 250 g/mol. The molecular formula is C15H25N5. The highest BCUT2D eigenvalue weighted by atomic mass is 15.3. The second-order valence-electron chi connectivity index (χ2n) is 5.41. The fourth-order valence-electron chi connectivity index (χ4n) is 2.87. The molecule has 5 nitrogen and oxygen atoms in total. The molecule has 0 amide bonds. The van der Waals surface area contributed by atoms with Gasteiger partial charge in [0.05, 0.1) is 17.9 Å². The van der Waals surface area contributed by atoms with E-state index in [2.05, 4.69) is 37.5 Å². The lowest BCUT2D eigenvalue weighted by atomic mass is 10.0. The molecule has 2 aromatic rings. The molecule has 0 aliphatic heterocycles. The van der Waals surface area contributed by atoms with E-state index in [0.717, 1.165) is 24.1 Å². The highest BCUT2D eigenvalue weighted by Crippen LogP contribution is 2.26. The Morgan fingerprint density at radius 1 is 1.30 bits per heavy atom. The lowest BCUT2D eigenvalue weighted by Gasteiger charge is -2.24. The van der Waals surface area contributed by atoms with E-state index < -0.39 is 0 Å². The van der Waals surface area contributed by atoms with Crippen LogP contribution in [0.15, 0.2) is 12.4 Å². The van der Waals surface area contributed by atoms with Gasteiger partial charge in [0.2, 0.25) is 0 Å². The van der Waals surface area contributed by atoms with E-state index >= 15 is 0 Å². The van der Waals surface area contributed by atoms with Crippen LogP contribution in [0.1, 0.15) is 48.8 Å². The van der Waals surface area contributed by atoms with Gasteiger partial charge in [0.1, 0.15) is 0 Å². The van der Waals surface area contributed by atoms with Gasteiger partial charge in [-0.1, -0.05) is 13.8 Å². The van der Waals surface area contributed by atoms with E-state index in [-0.39, 0.29) is 12.1 Å². The molecule has 0 saturated carbocycles. The van der Waals surface area contributed by atoms with E-state index in [9.17, 15) is 0 Å². The molecule has 0 aliphatic carbocycles. The van der Waals surface area contributed by atoms with Crippen molar-refractivity contribution >= 4 is 0 Å². The third kappa shape index (κ3) is 2.50. The van der Waals surface area contributed by atoms with Crippen LogP contribution in [0.25, 0.3) is 0 Å². The van der Waals surface area contributed by atoms with Crippen molar-refractivity contribution < 1.29 is 0 Å². The van der Waals surface area contributed by atoms with Crippen molar-refractivity contribution in [2.24, 2.45) is 12.8 Å². The summed E-state index contributed by atoms with van der Waals surface area (Å²) in [5, 5.41) is 9.01. The van der Waals surface area contributed by atoms with Crippen molar-refractivity contribution in [3.63, 3.8) is 0 Å². The minimum absolute atomic E-state index is 0.0295. The van der Waals surface area contributed by atoms with Gasteiger partial charge >= 0.3 is 0 Å². The van der Waals surface area contributed by atoms with Gasteiger partial charge in [0.25, 0.3) is 0 Å². The first kappa shape index (κ1) is 14.8. The van der Waals surface area contributed by atoms with Crippen LogP contribution >= 0.6 is 0 Å². The summed E-state index contributed by atoms with van der Waals surface area (Å²) in [6, 6.07) is 0.0783. The Hall–Kier alpha value is -1.62. The molecule has 0 bridgehead atoms. The van der Waals surface area contributed by atoms with E-state index in [0.29, 0.717) is 0 Å². The average Bonchev–Trinajstić information content (AvgIpc) is 2.95. The van der Waals surface area contributed by atoms with Crippen molar-refractivity contribution in [2.45, 2.75) is 52.6 Å². The number of aryl methyl sites for hydroxylation is 2. The number of nitrogens with zero attached hydrogens (tertiary/aromatic N) is 4. The van der Waals surface area contributed by atoms with Crippen LogP contribution in [0.2, 0.25) is 0 Å². The molecule has 110 valence electrons. The van der Waals surface area contributed by atoms with E-state index in [1.54, 1.807) is 0 Å². The zero-order valence-corrected chi connectivity index (χ0v) is 13.1. The lowest BCUT2D eigenvalue weighted by molar-refractivity contribution is 0.415. The summed E-state index contributed by atoms with van der Waals surface area (Å²) >= 11 is 0. The molecule has 0 spiro atoms. The van der Waals surface area contributed by atoms with Crippen LogP contribution in [-0.2, 0) is 13.5 Å². The summed E-state index contributed by atoms with van der Waals surface area (Å²) in [5.74, 6) is 0. The quantitative estimate of drug-likeness (QED) is 0.909. The van der Waals surface area contributed by atoms with Gasteiger partial charge in [0, 0.05) is 30.5 Å². The van der Waals surface area contributed by atoms with Gasteiger partial charge in [-0.3, -0.25) is 9.36 Å². The van der Waals surface area contributed by atoms with Crippen molar-refractivity contribution in [1.29, 1.82) is 0 Å². The molecule has 2 unspecified atom stereocenters. The maximum atomic E-state index is 6.36. The summed E-state index contributed by atoms with van der Waals surface area (Å²) in [7, 11) is 1.93. The third-order valence-electron chi connectivity index (χ3n) is 4.04. The Morgan fingerprint density at radius 2 is 2.00 bits per heavy atom. The van der Waals surface area contributed by atoms with E-state index in [1.165, 1.54) is 11.3 Å². The van der Waals surface area contributed by atoms with Crippen molar-refractivity contribution in [1.82, 2.24) is 19.6 Å². The lowest BCUT2D eigenvalue weighted by Crippen LogP contribution is -2.33. The third-order valence-corrected chi connectivity index (χ3v) is 4.04. The molecule has 0 radical (unpaired) electrons. The smallest absolute Gasteiger partial charge is 0.0952 e. The van der Waals surface area contributed by atoms with E-state index in [4.69, 9.17) is 10.8 Å². The standard InChI is InChI=1S/C15H25N5/c1-6-13-10(3)18-20(11(13)4)15(14(16)7-2)12-8-17-19(5)9-12/h8-9,14-15H,6-7,16H2,1-5H3. The second kappa shape index (κ2) is 5.79. The van der Waals surface area contributed by atoms with E-state index in [1.807, 2.05) is 24.1 Å². The Kier molecular flexibility index (Phi) is 4.28. The minimum atomic E-state index is 0.0295. The maximum Gasteiger partial charge on any atom is 0.0952 e. The Bertz CT molecular complexity index is 581. The summed E-state index contributed by atoms with van der Waals surface area (Å²) in [6.45, 7) is 8.48. The van der Waals surface area contributed by atoms with Crippen LogP contribution in [0.5, 0.6) is 0 Å². The van der Waals surface area contributed by atoms with Crippen LogP contribution in [0.4, 0.5) is 0 Å². The highest BCUT2D eigenvalue weighted by Gasteiger charge is 2.25. The largest absolute Gasteiger partial charge is 0.326 e. The fourth-order valence-corrected chi connectivity index (χ4v) is 2.87. The van der Waals surface area contributed by atoms with Crippen molar-refractivity contribution in [3.05, 3.63) is 34.9 Å².